The predicted molar refractivity (Wildman–Crippen MR) is 73.1 cm³/mol. The van der Waals surface area contributed by atoms with E-state index in [1.807, 2.05) is 6.92 Å². The van der Waals surface area contributed by atoms with Crippen LogP contribution in [-0.2, 0) is 22.6 Å². The smallest absolute Gasteiger partial charge is 0.366 e. The molecule has 6 heteroatoms. The van der Waals surface area contributed by atoms with Gasteiger partial charge in [0.05, 0.1) is 12.3 Å². The zero-order valence-electron chi connectivity index (χ0n) is 12.1. The lowest BCUT2D eigenvalue weighted by Gasteiger charge is -2.01. The number of nitrogens with zero attached hydrogens (tertiary/aromatic N) is 1. The third kappa shape index (κ3) is 4.77. The highest BCUT2D eigenvalue weighted by atomic mass is 16.6. The summed E-state index contributed by atoms with van der Waals surface area (Å²) in [5.41, 5.74) is 0.299. The van der Waals surface area contributed by atoms with Gasteiger partial charge in [0.15, 0.2) is 5.69 Å². The Morgan fingerprint density at radius 3 is 2.55 bits per heavy atom. The number of aliphatic hydroxyl groups is 1. The predicted octanol–water partition coefficient (Wildman–Crippen LogP) is 2.12. The van der Waals surface area contributed by atoms with E-state index in [1.165, 1.54) is 0 Å². The molecule has 1 aromatic heterocycles. The van der Waals surface area contributed by atoms with E-state index in [2.05, 4.69) is 16.9 Å². The molecule has 0 aliphatic heterocycles. The minimum atomic E-state index is -0.797. The van der Waals surface area contributed by atoms with Gasteiger partial charge in [-0.2, -0.15) is 0 Å². The Labute approximate surface area is 118 Å². The van der Waals surface area contributed by atoms with Crippen LogP contribution in [0, 0.1) is 0 Å². The number of carbonyl (C=O) groups excluding carboxylic acids is 2. The van der Waals surface area contributed by atoms with Crippen molar-refractivity contribution in [3.63, 3.8) is 0 Å². The number of esters is 2. The average molecular weight is 282 g/mol. The Balaban J connectivity index is 2.70. The summed E-state index contributed by atoms with van der Waals surface area (Å²) in [6, 6.07) is 0. The van der Waals surface area contributed by atoms with Crippen LogP contribution in [0.4, 0.5) is 0 Å². The van der Waals surface area contributed by atoms with E-state index in [0.717, 1.165) is 19.3 Å². The number of rotatable bonds is 8. The molecule has 0 bridgehead atoms. The number of aromatic amines is 1. The van der Waals surface area contributed by atoms with Crippen molar-refractivity contribution < 1.29 is 19.4 Å². The van der Waals surface area contributed by atoms with Crippen LogP contribution in [0.5, 0.6) is 0 Å². The summed E-state index contributed by atoms with van der Waals surface area (Å²) in [5.74, 6) is -0.725. The fourth-order valence-electron chi connectivity index (χ4n) is 1.73. The number of hydrogen-bond donors (Lipinski definition) is 2. The summed E-state index contributed by atoms with van der Waals surface area (Å²) < 4.78 is 4.73. The van der Waals surface area contributed by atoms with Gasteiger partial charge in [-0.1, -0.05) is 26.7 Å². The first kappa shape index (κ1) is 16.4. The first-order valence-electron chi connectivity index (χ1n) is 7.05. The van der Waals surface area contributed by atoms with Crippen LogP contribution in [0.3, 0.4) is 0 Å². The highest BCUT2D eigenvalue weighted by Crippen LogP contribution is 2.11. The van der Waals surface area contributed by atoms with Crippen LogP contribution in [-0.4, -0.2) is 27.0 Å². The molecular weight excluding hydrogens is 260 g/mol. The molecule has 0 amide bonds. The van der Waals surface area contributed by atoms with E-state index in [4.69, 9.17) is 4.74 Å². The number of ether oxygens (including phenoxy) is 1. The summed E-state index contributed by atoms with van der Waals surface area (Å²) in [7, 11) is 0. The number of hydrogen-bond acceptors (Lipinski definition) is 5. The number of unbranched alkanes of at least 4 members (excludes halogenated alkanes) is 2. The molecule has 0 unspecified atom stereocenters. The fourth-order valence-corrected chi connectivity index (χ4v) is 1.73. The van der Waals surface area contributed by atoms with Crippen molar-refractivity contribution in [2.45, 2.75) is 59.0 Å². The Kier molecular flexibility index (Phi) is 6.93. The highest BCUT2D eigenvalue weighted by molar-refractivity contribution is 5.96. The number of imidazole rings is 1. The lowest BCUT2D eigenvalue weighted by atomic mass is 10.2. The number of aryl methyl sites for hydroxylation is 1. The maximum Gasteiger partial charge on any atom is 0.366 e. The summed E-state index contributed by atoms with van der Waals surface area (Å²) in [5, 5.41) is 9.22. The van der Waals surface area contributed by atoms with Crippen molar-refractivity contribution in [2.75, 3.05) is 0 Å². The van der Waals surface area contributed by atoms with E-state index in [9.17, 15) is 14.7 Å². The van der Waals surface area contributed by atoms with Crippen LogP contribution in [0.1, 0.15) is 68.0 Å². The first-order chi connectivity index (χ1) is 9.62. The first-order valence-corrected chi connectivity index (χ1v) is 7.05. The normalized spacial score (nSPS) is 10.6. The molecule has 0 aliphatic carbocycles. The van der Waals surface area contributed by atoms with Crippen molar-refractivity contribution in [1.82, 2.24) is 9.97 Å². The third-order valence-corrected chi connectivity index (χ3v) is 2.89. The van der Waals surface area contributed by atoms with Gasteiger partial charge >= 0.3 is 11.9 Å². The molecule has 0 saturated heterocycles. The molecule has 1 aromatic rings. The standard InChI is InChI=1S/C14H22N2O4/c1-3-5-7-11-15-10(9-17)13(16-11)14(19)20-12(18)8-6-4-2/h17H,3-9H2,1-2H3,(H,15,16). The molecule has 0 spiro atoms. The molecule has 0 atom stereocenters. The minimum Gasteiger partial charge on any atom is -0.390 e. The summed E-state index contributed by atoms with van der Waals surface area (Å²) in [6.45, 7) is 3.66. The van der Waals surface area contributed by atoms with E-state index in [0.29, 0.717) is 24.4 Å². The SMILES string of the molecule is CCCCC(=O)OC(=O)c1nc(CCCC)[nH]c1CO. The molecule has 0 aromatic carbocycles. The molecule has 2 N–H and O–H groups in total. The van der Waals surface area contributed by atoms with E-state index >= 15 is 0 Å². The maximum atomic E-state index is 11.8. The molecule has 0 fully saturated rings. The molecule has 0 saturated carbocycles. The van der Waals surface area contributed by atoms with Crippen LogP contribution in [0.2, 0.25) is 0 Å². The number of H-pyrrole nitrogens is 1. The number of nitrogens with one attached hydrogen (secondary N) is 1. The molecular formula is C14H22N2O4. The van der Waals surface area contributed by atoms with Crippen molar-refractivity contribution in [1.29, 1.82) is 0 Å². The molecule has 0 aliphatic rings. The van der Waals surface area contributed by atoms with Gasteiger partial charge in [0.2, 0.25) is 0 Å². The topological polar surface area (TPSA) is 92.3 Å². The van der Waals surface area contributed by atoms with Crippen LogP contribution >= 0.6 is 0 Å². The number of aromatic nitrogens is 2. The van der Waals surface area contributed by atoms with Gasteiger partial charge < -0.3 is 14.8 Å². The van der Waals surface area contributed by atoms with Gasteiger partial charge in [-0.3, -0.25) is 4.79 Å². The van der Waals surface area contributed by atoms with Crippen molar-refractivity contribution in [3.05, 3.63) is 17.2 Å². The Hall–Kier alpha value is -1.69. The quantitative estimate of drug-likeness (QED) is 0.563. The van der Waals surface area contributed by atoms with Crippen molar-refractivity contribution >= 4 is 11.9 Å². The fraction of sp³-hybridized carbons (Fsp3) is 0.643. The zero-order chi connectivity index (χ0) is 15.0. The Morgan fingerprint density at radius 1 is 1.25 bits per heavy atom. The Bertz CT molecular complexity index is 454. The summed E-state index contributed by atoms with van der Waals surface area (Å²) in [4.78, 5) is 30.3. The van der Waals surface area contributed by atoms with E-state index in [1.54, 1.807) is 0 Å². The maximum absolute atomic E-state index is 11.8. The number of aliphatic hydroxyl groups excluding tert-OH is 1. The van der Waals surface area contributed by atoms with Crippen molar-refractivity contribution in [2.24, 2.45) is 0 Å². The van der Waals surface area contributed by atoms with Crippen LogP contribution in [0.15, 0.2) is 0 Å². The second kappa shape index (κ2) is 8.47. The summed E-state index contributed by atoms with van der Waals surface area (Å²) in [6.07, 6.45) is 4.38. The van der Waals surface area contributed by atoms with Gasteiger partial charge in [0.25, 0.3) is 0 Å². The highest BCUT2D eigenvalue weighted by Gasteiger charge is 2.20. The van der Waals surface area contributed by atoms with Crippen LogP contribution in [0.25, 0.3) is 0 Å². The molecule has 0 radical (unpaired) electrons. The van der Waals surface area contributed by atoms with Crippen LogP contribution < -0.4 is 0 Å². The second-order valence-corrected chi connectivity index (χ2v) is 4.64. The molecule has 1 rings (SSSR count). The number of carbonyl (C=O) groups is 2. The van der Waals surface area contributed by atoms with Gasteiger partial charge in [0.1, 0.15) is 5.82 Å². The summed E-state index contributed by atoms with van der Waals surface area (Å²) >= 11 is 0. The van der Waals surface area contributed by atoms with E-state index < -0.39 is 11.9 Å². The lowest BCUT2D eigenvalue weighted by Crippen LogP contribution is -2.14. The minimum absolute atomic E-state index is 0.00320. The molecule has 20 heavy (non-hydrogen) atoms. The Morgan fingerprint density at radius 2 is 1.95 bits per heavy atom. The molecule has 6 nitrogen and oxygen atoms in total. The monoisotopic (exact) mass is 282 g/mol. The average Bonchev–Trinajstić information content (AvgIpc) is 2.86. The lowest BCUT2D eigenvalue weighted by molar-refractivity contribution is -0.138. The van der Waals surface area contributed by atoms with E-state index in [-0.39, 0.29) is 18.7 Å². The zero-order valence-corrected chi connectivity index (χ0v) is 12.1. The van der Waals surface area contributed by atoms with Gasteiger partial charge in [0, 0.05) is 12.8 Å². The molecule has 1 heterocycles. The molecule has 112 valence electrons. The van der Waals surface area contributed by atoms with Gasteiger partial charge in [-0.15, -0.1) is 0 Å². The van der Waals surface area contributed by atoms with Gasteiger partial charge in [-0.25, -0.2) is 9.78 Å². The van der Waals surface area contributed by atoms with Gasteiger partial charge in [-0.05, 0) is 12.8 Å². The third-order valence-electron chi connectivity index (χ3n) is 2.89. The largest absolute Gasteiger partial charge is 0.390 e. The second-order valence-electron chi connectivity index (χ2n) is 4.64. The van der Waals surface area contributed by atoms with Crippen molar-refractivity contribution in [3.8, 4) is 0 Å².